The zero-order valence-electron chi connectivity index (χ0n) is 7.63. The molecule has 0 saturated heterocycles. The van der Waals surface area contributed by atoms with Gasteiger partial charge >= 0.3 is 0 Å². The fourth-order valence-electron chi connectivity index (χ4n) is 1.74. The highest BCUT2D eigenvalue weighted by molar-refractivity contribution is 9.09. The third-order valence-electron chi connectivity index (χ3n) is 2.57. The molecule has 0 bridgehead atoms. The Morgan fingerprint density at radius 3 is 2.85 bits per heavy atom. The van der Waals surface area contributed by atoms with Crippen molar-refractivity contribution in [2.24, 2.45) is 5.73 Å². The van der Waals surface area contributed by atoms with Crippen molar-refractivity contribution < 1.29 is 0 Å². The molecule has 0 saturated carbocycles. The number of hydrogen-bond donors (Lipinski definition) is 1. The molecule has 2 N–H and O–H groups in total. The van der Waals surface area contributed by atoms with Crippen LogP contribution in [0.3, 0.4) is 0 Å². The van der Waals surface area contributed by atoms with Gasteiger partial charge in [0.2, 0.25) is 0 Å². The minimum Gasteiger partial charge on any atom is -0.374 e. The highest BCUT2D eigenvalue weighted by atomic mass is 79.9. The molecule has 1 aromatic rings. The van der Waals surface area contributed by atoms with Gasteiger partial charge in [-0.3, -0.25) is 0 Å². The third kappa shape index (κ3) is 1.46. The van der Waals surface area contributed by atoms with Crippen LogP contribution >= 0.6 is 15.9 Å². The molecule has 1 aliphatic heterocycles. The summed E-state index contributed by atoms with van der Waals surface area (Å²) >= 11 is 3.57. The molecule has 0 radical (unpaired) electrons. The van der Waals surface area contributed by atoms with Crippen LogP contribution in [0.2, 0.25) is 0 Å². The van der Waals surface area contributed by atoms with Gasteiger partial charge in [-0.1, -0.05) is 34.1 Å². The smallest absolute Gasteiger partial charge is 0.101 e. The molecule has 2 rings (SSSR count). The summed E-state index contributed by atoms with van der Waals surface area (Å²) in [6, 6.07) is 8.27. The largest absolute Gasteiger partial charge is 0.374 e. The second kappa shape index (κ2) is 3.00. The van der Waals surface area contributed by atoms with Gasteiger partial charge < -0.3 is 10.6 Å². The van der Waals surface area contributed by atoms with Gasteiger partial charge in [0.05, 0.1) is 0 Å². The summed E-state index contributed by atoms with van der Waals surface area (Å²) in [7, 11) is 2.10. The third-order valence-corrected chi connectivity index (χ3v) is 3.40. The van der Waals surface area contributed by atoms with Crippen LogP contribution in [0.15, 0.2) is 24.3 Å². The summed E-state index contributed by atoms with van der Waals surface area (Å²) in [4.78, 5) is 2.24. The molecule has 0 aliphatic carbocycles. The molecular formula is C10H13BrN2. The minimum absolute atomic E-state index is 0.337. The zero-order chi connectivity index (χ0) is 9.47. The first-order valence-electron chi connectivity index (χ1n) is 4.40. The molecule has 1 heterocycles. The number of para-hydroxylation sites is 1. The summed E-state index contributed by atoms with van der Waals surface area (Å²) in [5, 5.41) is 0. The van der Waals surface area contributed by atoms with Gasteiger partial charge in [-0.25, -0.2) is 0 Å². The number of nitrogens with zero attached hydrogens (tertiary/aromatic N) is 1. The molecule has 1 unspecified atom stereocenters. The maximum atomic E-state index is 6.14. The van der Waals surface area contributed by atoms with Crippen molar-refractivity contribution in [3.8, 4) is 0 Å². The van der Waals surface area contributed by atoms with E-state index in [1.165, 1.54) is 11.3 Å². The Morgan fingerprint density at radius 1 is 1.46 bits per heavy atom. The Bertz CT molecular complexity index is 322. The van der Waals surface area contributed by atoms with Crippen LogP contribution in [0.5, 0.6) is 0 Å². The predicted molar refractivity (Wildman–Crippen MR) is 59.1 cm³/mol. The Kier molecular flexibility index (Phi) is 2.08. The van der Waals surface area contributed by atoms with Crippen molar-refractivity contribution in [1.29, 1.82) is 0 Å². The van der Waals surface area contributed by atoms with Gasteiger partial charge in [0.1, 0.15) is 4.45 Å². The van der Waals surface area contributed by atoms with Crippen LogP contribution < -0.4 is 10.6 Å². The van der Waals surface area contributed by atoms with E-state index in [1.807, 2.05) is 12.1 Å². The van der Waals surface area contributed by atoms with Gasteiger partial charge in [0.25, 0.3) is 0 Å². The molecule has 1 atom stereocenters. The first-order valence-corrected chi connectivity index (χ1v) is 5.19. The number of fused-ring (bicyclic) bond motifs is 1. The number of rotatable bonds is 0. The number of benzene rings is 1. The lowest BCUT2D eigenvalue weighted by Crippen LogP contribution is -2.40. The van der Waals surface area contributed by atoms with E-state index >= 15 is 0 Å². The van der Waals surface area contributed by atoms with Crippen molar-refractivity contribution in [2.75, 3.05) is 18.5 Å². The monoisotopic (exact) mass is 240 g/mol. The summed E-state index contributed by atoms with van der Waals surface area (Å²) in [6.07, 6.45) is 0.945. The van der Waals surface area contributed by atoms with Gasteiger partial charge in [0, 0.05) is 24.8 Å². The second-order valence-electron chi connectivity index (χ2n) is 3.55. The van der Waals surface area contributed by atoms with Gasteiger partial charge in [-0.15, -0.1) is 0 Å². The van der Waals surface area contributed by atoms with E-state index in [1.54, 1.807) is 0 Å². The normalized spacial score (nSPS) is 27.2. The van der Waals surface area contributed by atoms with Crippen LogP contribution in [0.25, 0.3) is 0 Å². The second-order valence-corrected chi connectivity index (χ2v) is 4.97. The van der Waals surface area contributed by atoms with Crippen molar-refractivity contribution in [2.45, 2.75) is 10.9 Å². The Balaban J connectivity index is 2.55. The SMILES string of the molecule is CN1CCC(N)(Br)c2ccccc21. The molecule has 0 spiro atoms. The lowest BCUT2D eigenvalue weighted by molar-refractivity contribution is 0.575. The number of halogens is 1. The van der Waals surface area contributed by atoms with Crippen molar-refractivity contribution >= 4 is 21.6 Å². The quantitative estimate of drug-likeness (QED) is 0.556. The maximum absolute atomic E-state index is 6.14. The highest BCUT2D eigenvalue weighted by Gasteiger charge is 2.31. The Labute approximate surface area is 86.9 Å². The average Bonchev–Trinajstić information content (AvgIpc) is 2.13. The summed E-state index contributed by atoms with van der Waals surface area (Å²) in [6.45, 7) is 0.999. The van der Waals surface area contributed by atoms with Crippen LogP contribution in [0, 0.1) is 0 Å². The predicted octanol–water partition coefficient (Wildman–Crippen LogP) is 2.03. The number of anilines is 1. The van der Waals surface area contributed by atoms with Gasteiger partial charge in [-0.05, 0) is 12.5 Å². The molecule has 2 nitrogen and oxygen atoms in total. The van der Waals surface area contributed by atoms with E-state index in [2.05, 4.69) is 40.0 Å². The standard InChI is InChI=1S/C10H13BrN2/c1-13-7-6-10(11,12)8-4-2-3-5-9(8)13/h2-5H,6-7,12H2,1H3. The molecular weight excluding hydrogens is 228 g/mol. The number of hydrogen-bond acceptors (Lipinski definition) is 2. The number of alkyl halides is 1. The first kappa shape index (κ1) is 9.03. The van der Waals surface area contributed by atoms with Crippen LogP contribution in [-0.4, -0.2) is 13.6 Å². The van der Waals surface area contributed by atoms with E-state index in [0.29, 0.717) is 0 Å². The lowest BCUT2D eigenvalue weighted by Gasteiger charge is -2.36. The Morgan fingerprint density at radius 2 is 2.15 bits per heavy atom. The topological polar surface area (TPSA) is 29.3 Å². The molecule has 0 amide bonds. The number of nitrogens with two attached hydrogens (primary N) is 1. The summed E-state index contributed by atoms with van der Waals surface area (Å²) in [5.74, 6) is 0. The zero-order valence-corrected chi connectivity index (χ0v) is 9.21. The molecule has 0 fully saturated rings. The van der Waals surface area contributed by atoms with Crippen molar-refractivity contribution in [1.82, 2.24) is 0 Å². The molecule has 70 valence electrons. The van der Waals surface area contributed by atoms with E-state index in [0.717, 1.165) is 13.0 Å². The molecule has 1 aliphatic rings. The van der Waals surface area contributed by atoms with Crippen LogP contribution in [0.1, 0.15) is 12.0 Å². The first-order chi connectivity index (χ1) is 6.11. The molecule has 0 aromatic heterocycles. The summed E-state index contributed by atoms with van der Waals surface area (Å²) in [5.41, 5.74) is 8.56. The van der Waals surface area contributed by atoms with Crippen molar-refractivity contribution in [3.63, 3.8) is 0 Å². The van der Waals surface area contributed by atoms with Gasteiger partial charge in [-0.2, -0.15) is 0 Å². The van der Waals surface area contributed by atoms with Crippen LogP contribution in [0.4, 0.5) is 5.69 Å². The highest BCUT2D eigenvalue weighted by Crippen LogP contribution is 2.39. The van der Waals surface area contributed by atoms with E-state index in [4.69, 9.17) is 5.73 Å². The minimum atomic E-state index is -0.337. The average molecular weight is 241 g/mol. The fourth-order valence-corrected chi connectivity index (χ4v) is 2.26. The lowest BCUT2D eigenvalue weighted by atomic mass is 9.97. The summed E-state index contributed by atoms with van der Waals surface area (Å²) < 4.78 is -0.337. The van der Waals surface area contributed by atoms with E-state index < -0.39 is 0 Å². The molecule has 3 heteroatoms. The maximum Gasteiger partial charge on any atom is 0.101 e. The van der Waals surface area contributed by atoms with E-state index in [-0.39, 0.29) is 4.45 Å². The molecule has 1 aromatic carbocycles. The fraction of sp³-hybridized carbons (Fsp3) is 0.400. The molecule has 13 heavy (non-hydrogen) atoms. The Hall–Kier alpha value is -0.540. The van der Waals surface area contributed by atoms with Crippen molar-refractivity contribution in [3.05, 3.63) is 29.8 Å². The van der Waals surface area contributed by atoms with E-state index in [9.17, 15) is 0 Å². The van der Waals surface area contributed by atoms with Crippen LogP contribution in [-0.2, 0) is 4.45 Å². The van der Waals surface area contributed by atoms with Gasteiger partial charge in [0.15, 0.2) is 0 Å².